The molecule has 0 unspecified atom stereocenters. The van der Waals surface area contributed by atoms with Crippen molar-refractivity contribution in [3.8, 4) is 5.69 Å². The maximum Gasteiger partial charge on any atom is 0.352 e. The van der Waals surface area contributed by atoms with Crippen LogP contribution in [0.2, 0.25) is 0 Å². The van der Waals surface area contributed by atoms with E-state index in [1.54, 1.807) is 9.36 Å². The van der Waals surface area contributed by atoms with Gasteiger partial charge in [-0.15, -0.1) is 0 Å². The molecule has 3 aliphatic carbocycles. The minimum atomic E-state index is -0.612. The van der Waals surface area contributed by atoms with E-state index in [1.807, 2.05) is 50.0 Å². The molecule has 8 heteroatoms. The van der Waals surface area contributed by atoms with Gasteiger partial charge >= 0.3 is 11.4 Å². The number of hydrogen-bond acceptors (Lipinski definition) is 4. The van der Waals surface area contributed by atoms with E-state index in [-0.39, 0.29) is 22.8 Å². The minimum absolute atomic E-state index is 0.215. The summed E-state index contributed by atoms with van der Waals surface area (Å²) in [6, 6.07) is 3.28. The molecule has 6 atom stereocenters. The Bertz CT molecular complexity index is 1540. The first kappa shape index (κ1) is 30.3. The Kier molecular flexibility index (Phi) is 7.99. The van der Waals surface area contributed by atoms with Gasteiger partial charge in [0.05, 0.1) is 30.0 Å². The van der Waals surface area contributed by atoms with Crippen molar-refractivity contribution in [2.24, 2.45) is 30.2 Å². The van der Waals surface area contributed by atoms with Crippen LogP contribution in [0, 0.1) is 23.2 Å². The molecule has 8 nitrogen and oxygen atoms in total. The predicted molar refractivity (Wildman–Crippen MR) is 167 cm³/mol. The van der Waals surface area contributed by atoms with Crippen LogP contribution in [-0.4, -0.2) is 35.8 Å². The van der Waals surface area contributed by atoms with E-state index in [4.69, 9.17) is 0 Å². The molecule has 1 aliphatic heterocycles. The topological polar surface area (TPSA) is 93.3 Å². The predicted octanol–water partition coefficient (Wildman–Crippen LogP) is 4.74. The highest BCUT2D eigenvalue weighted by Crippen LogP contribution is 2.60. The molecule has 0 amide bonds. The van der Waals surface area contributed by atoms with Crippen molar-refractivity contribution in [1.29, 1.82) is 0 Å². The van der Waals surface area contributed by atoms with Crippen LogP contribution < -0.4 is 15.9 Å². The average molecular weight is 592 g/mol. The van der Waals surface area contributed by atoms with Gasteiger partial charge in [0.15, 0.2) is 12.4 Å². The summed E-state index contributed by atoms with van der Waals surface area (Å²) in [5.41, 5.74) is 3.34. The van der Waals surface area contributed by atoms with Gasteiger partial charge in [-0.3, -0.25) is 0 Å². The van der Waals surface area contributed by atoms with Crippen LogP contribution in [0.5, 0.6) is 0 Å². The molecule has 2 saturated carbocycles. The second kappa shape index (κ2) is 11.3. The Morgan fingerprint density at radius 2 is 1.88 bits per heavy atom. The summed E-state index contributed by atoms with van der Waals surface area (Å²) in [5.74, 6) is 1.71. The lowest BCUT2D eigenvalue weighted by Gasteiger charge is -2.45. The first-order chi connectivity index (χ1) is 20.4. The van der Waals surface area contributed by atoms with E-state index < -0.39 is 11.7 Å². The standard InChI is InChI=1S/C35H51N4O4/c1-23(8-6-16-34(2,3)43)29-12-13-30-24(9-7-17-35(29,30)4)20-31-28-21-27(40)11-10-25(28)22-37-32(41)38(33(42)39(31)37)26-14-18-36(5)19-15-26/h14-15,18-20,23,27,29-31,40,43H,6-13,16-17,21-22H2,1-5H3/q+1/b24-20+/t23-,27+,29-,30+,31-,35-/m1/s1. The Morgan fingerprint density at radius 1 is 1.14 bits per heavy atom. The van der Waals surface area contributed by atoms with Crippen LogP contribution in [0.15, 0.2) is 56.9 Å². The number of rotatable bonds is 7. The number of aromatic nitrogens is 4. The van der Waals surface area contributed by atoms with Crippen LogP contribution in [-0.2, 0) is 13.6 Å². The van der Waals surface area contributed by atoms with Gasteiger partial charge in [0.2, 0.25) is 0 Å². The number of aliphatic hydroxyl groups excluding tert-OH is 1. The molecule has 2 N–H and O–H groups in total. The number of aryl methyl sites for hydroxylation is 1. The van der Waals surface area contributed by atoms with E-state index in [1.165, 1.54) is 28.6 Å². The van der Waals surface area contributed by atoms with Crippen LogP contribution in [0.1, 0.15) is 104 Å². The second-order valence-electron chi connectivity index (χ2n) is 15.0. The van der Waals surface area contributed by atoms with Crippen molar-refractivity contribution >= 4 is 0 Å². The fourth-order valence-electron chi connectivity index (χ4n) is 9.26. The lowest BCUT2D eigenvalue weighted by atomic mass is 9.60. The van der Waals surface area contributed by atoms with Gasteiger partial charge in [0.1, 0.15) is 7.05 Å². The third-order valence-corrected chi connectivity index (χ3v) is 11.5. The highest BCUT2D eigenvalue weighted by atomic mass is 16.3. The maximum absolute atomic E-state index is 14.1. The number of nitrogens with zero attached hydrogens (tertiary/aromatic N) is 4. The molecule has 2 fully saturated rings. The molecular weight excluding hydrogens is 540 g/mol. The van der Waals surface area contributed by atoms with Gasteiger partial charge in [0.25, 0.3) is 0 Å². The van der Waals surface area contributed by atoms with E-state index in [9.17, 15) is 19.8 Å². The van der Waals surface area contributed by atoms with Gasteiger partial charge in [-0.05, 0) is 106 Å². The molecular formula is C35H51N4O4+. The van der Waals surface area contributed by atoms with Gasteiger partial charge in [0, 0.05) is 12.1 Å². The highest BCUT2D eigenvalue weighted by Gasteiger charge is 2.51. The first-order valence-electron chi connectivity index (χ1n) is 16.6. The van der Waals surface area contributed by atoms with Crippen LogP contribution in [0.3, 0.4) is 0 Å². The Labute approximate surface area is 255 Å². The lowest BCUT2D eigenvalue weighted by molar-refractivity contribution is -0.671. The fraction of sp³-hybridized carbons (Fsp3) is 0.686. The number of hydrogen-bond donors (Lipinski definition) is 2. The van der Waals surface area contributed by atoms with Crippen molar-refractivity contribution in [3.63, 3.8) is 0 Å². The smallest absolute Gasteiger partial charge is 0.352 e. The summed E-state index contributed by atoms with van der Waals surface area (Å²) >= 11 is 0. The van der Waals surface area contributed by atoms with Crippen molar-refractivity contribution in [3.05, 3.63) is 68.3 Å². The van der Waals surface area contributed by atoms with Crippen molar-refractivity contribution < 1.29 is 14.8 Å². The monoisotopic (exact) mass is 591 g/mol. The SMILES string of the molecule is C[C@H](CCCC(C)(C)O)[C@H]1CC[C@H]2/C(=C/[C@@H]3C4=C(CC[C@H](O)C4)Cn4c(=O)n(-c5cc[n+](C)cc5)c(=O)n43)CCC[C@]12C. The summed E-state index contributed by atoms with van der Waals surface area (Å²) in [5, 5.41) is 21.0. The second-order valence-corrected chi connectivity index (χ2v) is 15.0. The Balaban J connectivity index is 1.37. The van der Waals surface area contributed by atoms with Gasteiger partial charge in [-0.25, -0.2) is 28.1 Å². The zero-order valence-corrected chi connectivity index (χ0v) is 26.8. The summed E-state index contributed by atoms with van der Waals surface area (Å²) in [6.07, 6.45) is 16.4. The van der Waals surface area contributed by atoms with Gasteiger partial charge < -0.3 is 10.2 Å². The molecule has 0 spiro atoms. The molecule has 6 rings (SSSR count). The van der Waals surface area contributed by atoms with E-state index in [0.29, 0.717) is 42.8 Å². The molecule has 4 aliphatic rings. The first-order valence-corrected chi connectivity index (χ1v) is 16.6. The van der Waals surface area contributed by atoms with Crippen molar-refractivity contribution in [2.45, 2.75) is 123 Å². The molecule has 43 heavy (non-hydrogen) atoms. The van der Waals surface area contributed by atoms with Crippen LogP contribution in [0.25, 0.3) is 5.69 Å². The molecule has 0 aromatic carbocycles. The van der Waals surface area contributed by atoms with Crippen LogP contribution in [0.4, 0.5) is 0 Å². The van der Waals surface area contributed by atoms with E-state index >= 15 is 0 Å². The third-order valence-electron chi connectivity index (χ3n) is 11.5. The van der Waals surface area contributed by atoms with Crippen molar-refractivity contribution in [2.75, 3.05) is 0 Å². The molecule has 0 bridgehead atoms. The van der Waals surface area contributed by atoms with E-state index in [2.05, 4.69) is 19.9 Å². The molecule has 2 aromatic heterocycles. The summed E-state index contributed by atoms with van der Waals surface area (Å²) in [7, 11) is 1.91. The average Bonchev–Trinajstić information content (AvgIpc) is 3.42. The molecule has 3 heterocycles. The minimum Gasteiger partial charge on any atom is -0.393 e. The third kappa shape index (κ3) is 5.54. The lowest BCUT2D eigenvalue weighted by Crippen LogP contribution is -2.39. The van der Waals surface area contributed by atoms with Crippen LogP contribution >= 0.6 is 0 Å². The molecule has 0 saturated heterocycles. The number of allylic oxidation sites excluding steroid dienone is 3. The number of fused-ring (bicyclic) bond motifs is 2. The number of pyridine rings is 1. The summed E-state index contributed by atoms with van der Waals surface area (Å²) < 4.78 is 6.54. The van der Waals surface area contributed by atoms with E-state index in [0.717, 1.165) is 50.5 Å². The Hall–Kier alpha value is -2.71. The fourth-order valence-corrected chi connectivity index (χ4v) is 9.26. The molecule has 234 valence electrons. The normalized spacial score (nSPS) is 30.7. The molecule has 2 aromatic rings. The summed E-state index contributed by atoms with van der Waals surface area (Å²) in [4.78, 5) is 27.9. The van der Waals surface area contributed by atoms with Gasteiger partial charge in [-0.1, -0.05) is 38.3 Å². The Morgan fingerprint density at radius 3 is 2.60 bits per heavy atom. The molecule has 0 radical (unpaired) electrons. The zero-order valence-electron chi connectivity index (χ0n) is 26.8. The van der Waals surface area contributed by atoms with Crippen molar-refractivity contribution in [1.82, 2.24) is 13.9 Å². The number of aliphatic hydroxyl groups is 2. The maximum atomic E-state index is 14.1. The largest absolute Gasteiger partial charge is 0.393 e. The quantitative estimate of drug-likeness (QED) is 0.359. The van der Waals surface area contributed by atoms with Gasteiger partial charge in [-0.2, -0.15) is 0 Å². The zero-order chi connectivity index (χ0) is 30.7. The summed E-state index contributed by atoms with van der Waals surface area (Å²) in [6.45, 7) is 9.12. The highest BCUT2D eigenvalue weighted by molar-refractivity contribution is 5.34.